The average Bonchev–Trinajstić information content (AvgIpc) is 3.35. The van der Waals surface area contributed by atoms with Gasteiger partial charge in [0.15, 0.2) is 11.5 Å². The lowest BCUT2D eigenvalue weighted by atomic mass is 10.1. The molecule has 166 valence electrons. The topological polar surface area (TPSA) is 87.5 Å². The van der Waals surface area contributed by atoms with Crippen molar-refractivity contribution in [2.75, 3.05) is 23.8 Å². The molecule has 0 spiro atoms. The summed E-state index contributed by atoms with van der Waals surface area (Å²) in [5, 5.41) is 9.13. The number of aromatic nitrogens is 1. The maximum Gasteiger partial charge on any atom is 0.273 e. The molecule has 0 aliphatic heterocycles. The second-order valence-electron chi connectivity index (χ2n) is 7.56. The number of carbonyl (C=O) groups is 2. The Bertz CT molecular complexity index is 1210. The summed E-state index contributed by atoms with van der Waals surface area (Å²) in [7, 11) is 2.02. The molecule has 0 radical (unpaired) electrons. The van der Waals surface area contributed by atoms with Crippen molar-refractivity contribution < 1.29 is 14.1 Å². The van der Waals surface area contributed by atoms with Gasteiger partial charge in [0.1, 0.15) is 0 Å². The van der Waals surface area contributed by atoms with Gasteiger partial charge in [-0.1, -0.05) is 65.8 Å². The molecule has 33 heavy (non-hydrogen) atoms. The first-order valence-electron chi connectivity index (χ1n) is 10.5. The Morgan fingerprint density at radius 1 is 0.909 bits per heavy atom. The molecule has 1 aromatic heterocycles. The molecule has 4 rings (SSSR count). The Labute approximate surface area is 192 Å². The first-order valence-corrected chi connectivity index (χ1v) is 10.5. The normalized spacial score (nSPS) is 10.5. The zero-order chi connectivity index (χ0) is 23.0. The van der Waals surface area contributed by atoms with Crippen molar-refractivity contribution in [3.63, 3.8) is 0 Å². The number of anilines is 2. The van der Waals surface area contributed by atoms with Crippen LogP contribution in [0, 0.1) is 0 Å². The Balaban J connectivity index is 1.26. The zero-order valence-electron chi connectivity index (χ0n) is 18.2. The molecule has 1 heterocycles. The Hall–Kier alpha value is -4.39. The van der Waals surface area contributed by atoms with E-state index in [2.05, 4.69) is 32.8 Å². The van der Waals surface area contributed by atoms with Crippen molar-refractivity contribution in [3.8, 4) is 11.3 Å². The van der Waals surface area contributed by atoms with E-state index in [-0.39, 0.29) is 18.1 Å². The van der Waals surface area contributed by atoms with Crippen molar-refractivity contribution >= 4 is 23.2 Å². The van der Waals surface area contributed by atoms with Crippen LogP contribution in [-0.2, 0) is 11.3 Å². The largest absolute Gasteiger partial charge is 0.370 e. The van der Waals surface area contributed by atoms with Crippen LogP contribution in [0.15, 0.2) is 95.5 Å². The monoisotopic (exact) mass is 440 g/mol. The van der Waals surface area contributed by atoms with Crippen molar-refractivity contribution in [1.29, 1.82) is 0 Å². The van der Waals surface area contributed by atoms with E-state index in [0.29, 0.717) is 11.4 Å². The summed E-state index contributed by atoms with van der Waals surface area (Å²) >= 11 is 0. The molecule has 0 saturated heterocycles. The van der Waals surface area contributed by atoms with Gasteiger partial charge in [0.05, 0.1) is 6.54 Å². The van der Waals surface area contributed by atoms with Crippen LogP contribution in [0.5, 0.6) is 0 Å². The summed E-state index contributed by atoms with van der Waals surface area (Å²) < 4.78 is 5.23. The van der Waals surface area contributed by atoms with Crippen LogP contribution >= 0.6 is 0 Å². The number of rotatable bonds is 8. The van der Waals surface area contributed by atoms with E-state index >= 15 is 0 Å². The smallest absolute Gasteiger partial charge is 0.273 e. The first kappa shape index (κ1) is 21.8. The first-order chi connectivity index (χ1) is 16.1. The zero-order valence-corrected chi connectivity index (χ0v) is 18.2. The van der Waals surface area contributed by atoms with Gasteiger partial charge in [-0.3, -0.25) is 9.59 Å². The quantitative estimate of drug-likeness (QED) is 0.425. The van der Waals surface area contributed by atoms with Gasteiger partial charge in [-0.05, 0) is 29.8 Å². The van der Waals surface area contributed by atoms with Crippen LogP contribution in [0.1, 0.15) is 16.1 Å². The van der Waals surface area contributed by atoms with E-state index in [4.69, 9.17) is 4.52 Å². The fourth-order valence-electron chi connectivity index (χ4n) is 3.32. The van der Waals surface area contributed by atoms with Crippen molar-refractivity contribution in [2.24, 2.45) is 0 Å². The van der Waals surface area contributed by atoms with Gasteiger partial charge in [0, 0.05) is 36.6 Å². The standard InChI is InChI=1S/C26H24N4O3/c1-30(18-19-8-4-2-5-9-19)22-14-12-21(13-15-22)28-25(31)17-27-26(32)23-16-24(33-29-23)20-10-6-3-7-11-20/h2-16H,17-18H2,1H3,(H,27,32)(H,28,31). The van der Waals surface area contributed by atoms with Gasteiger partial charge in [0.2, 0.25) is 5.91 Å². The highest BCUT2D eigenvalue weighted by Crippen LogP contribution is 2.20. The summed E-state index contributed by atoms with van der Waals surface area (Å²) in [5.74, 6) is -0.322. The van der Waals surface area contributed by atoms with Crippen molar-refractivity contribution in [3.05, 3.63) is 102 Å². The third-order valence-corrected chi connectivity index (χ3v) is 5.07. The molecule has 0 bridgehead atoms. The molecule has 7 nitrogen and oxygen atoms in total. The fourth-order valence-corrected chi connectivity index (χ4v) is 3.32. The Morgan fingerprint density at radius 2 is 1.58 bits per heavy atom. The average molecular weight is 441 g/mol. The van der Waals surface area contributed by atoms with E-state index in [0.717, 1.165) is 17.8 Å². The second kappa shape index (κ2) is 10.3. The summed E-state index contributed by atoms with van der Waals surface area (Å²) in [6.45, 7) is 0.606. The van der Waals surface area contributed by atoms with E-state index in [9.17, 15) is 9.59 Å². The minimum atomic E-state index is -0.478. The van der Waals surface area contributed by atoms with E-state index < -0.39 is 5.91 Å². The maximum atomic E-state index is 12.3. The molecular formula is C26H24N4O3. The lowest BCUT2D eigenvalue weighted by Crippen LogP contribution is -2.33. The summed E-state index contributed by atoms with van der Waals surface area (Å²) in [6, 6.07) is 28.7. The van der Waals surface area contributed by atoms with E-state index in [1.807, 2.05) is 79.8 Å². The number of carbonyl (C=O) groups excluding carboxylic acids is 2. The molecule has 0 aliphatic carbocycles. The Kier molecular flexibility index (Phi) is 6.80. The molecule has 7 heteroatoms. The molecule has 4 aromatic rings. The predicted molar refractivity (Wildman–Crippen MR) is 128 cm³/mol. The molecule has 2 amide bonds. The highest BCUT2D eigenvalue weighted by molar-refractivity contribution is 5.98. The summed E-state index contributed by atoms with van der Waals surface area (Å²) in [6.07, 6.45) is 0. The van der Waals surface area contributed by atoms with Gasteiger partial charge in [-0.2, -0.15) is 0 Å². The van der Waals surface area contributed by atoms with Crippen LogP contribution in [-0.4, -0.2) is 30.6 Å². The number of amides is 2. The highest BCUT2D eigenvalue weighted by Gasteiger charge is 2.14. The molecular weight excluding hydrogens is 416 g/mol. The molecule has 2 N–H and O–H groups in total. The minimum Gasteiger partial charge on any atom is -0.370 e. The maximum absolute atomic E-state index is 12.3. The van der Waals surface area contributed by atoms with Crippen molar-refractivity contribution in [1.82, 2.24) is 10.5 Å². The van der Waals surface area contributed by atoms with Gasteiger partial charge < -0.3 is 20.1 Å². The van der Waals surface area contributed by atoms with Gasteiger partial charge >= 0.3 is 0 Å². The van der Waals surface area contributed by atoms with Crippen LogP contribution in [0.4, 0.5) is 11.4 Å². The fraction of sp³-hybridized carbons (Fsp3) is 0.115. The van der Waals surface area contributed by atoms with E-state index in [1.54, 1.807) is 6.07 Å². The lowest BCUT2D eigenvalue weighted by Gasteiger charge is -2.19. The summed E-state index contributed by atoms with van der Waals surface area (Å²) in [4.78, 5) is 26.7. The molecule has 0 unspecified atom stereocenters. The van der Waals surface area contributed by atoms with Crippen molar-refractivity contribution in [2.45, 2.75) is 6.54 Å². The van der Waals surface area contributed by atoms with Crippen LogP contribution < -0.4 is 15.5 Å². The van der Waals surface area contributed by atoms with Crippen LogP contribution in [0.2, 0.25) is 0 Å². The molecule has 0 aliphatic rings. The number of hydrogen-bond donors (Lipinski definition) is 2. The van der Waals surface area contributed by atoms with Gasteiger partial charge in [-0.25, -0.2) is 0 Å². The number of benzene rings is 3. The number of nitrogens with zero attached hydrogens (tertiary/aromatic N) is 2. The molecule has 0 saturated carbocycles. The predicted octanol–water partition coefficient (Wildman–Crippen LogP) is 4.35. The molecule has 3 aromatic carbocycles. The third kappa shape index (κ3) is 5.86. The molecule has 0 atom stereocenters. The third-order valence-electron chi connectivity index (χ3n) is 5.07. The molecule has 0 fully saturated rings. The summed E-state index contributed by atoms with van der Waals surface area (Å²) in [5.41, 5.74) is 3.84. The van der Waals surface area contributed by atoms with Gasteiger partial charge in [-0.15, -0.1) is 0 Å². The van der Waals surface area contributed by atoms with Crippen LogP contribution in [0.3, 0.4) is 0 Å². The number of nitrogens with one attached hydrogen (secondary N) is 2. The highest BCUT2D eigenvalue weighted by atomic mass is 16.5. The van der Waals surface area contributed by atoms with Gasteiger partial charge in [0.25, 0.3) is 5.91 Å². The second-order valence-corrected chi connectivity index (χ2v) is 7.56. The number of hydrogen-bond acceptors (Lipinski definition) is 5. The lowest BCUT2D eigenvalue weighted by molar-refractivity contribution is -0.115. The van der Waals surface area contributed by atoms with E-state index in [1.165, 1.54) is 5.56 Å². The Morgan fingerprint density at radius 3 is 2.27 bits per heavy atom. The van der Waals surface area contributed by atoms with Crippen LogP contribution in [0.25, 0.3) is 11.3 Å². The SMILES string of the molecule is CN(Cc1ccccc1)c1ccc(NC(=O)CNC(=O)c2cc(-c3ccccc3)on2)cc1. The minimum absolute atomic E-state index is 0.118.